The van der Waals surface area contributed by atoms with Crippen molar-refractivity contribution < 1.29 is 18.7 Å². The Morgan fingerprint density at radius 2 is 2.03 bits per heavy atom. The van der Waals surface area contributed by atoms with Crippen LogP contribution in [0.2, 0.25) is 0 Å². The summed E-state index contributed by atoms with van der Waals surface area (Å²) in [5.41, 5.74) is 3.23. The molecule has 37 heavy (non-hydrogen) atoms. The van der Waals surface area contributed by atoms with Crippen LogP contribution < -0.4 is 15.0 Å². The Hall–Kier alpha value is -4.28. The van der Waals surface area contributed by atoms with E-state index in [4.69, 9.17) is 14.5 Å². The molecule has 1 saturated heterocycles. The van der Waals surface area contributed by atoms with Crippen molar-refractivity contribution in [1.82, 2.24) is 29.2 Å². The molecule has 1 aliphatic heterocycles. The number of aryl methyl sites for hydroxylation is 1. The van der Waals surface area contributed by atoms with E-state index in [0.717, 1.165) is 5.56 Å². The van der Waals surface area contributed by atoms with Crippen LogP contribution in [0.3, 0.4) is 0 Å². The minimum Gasteiger partial charge on any atom is -0.497 e. The van der Waals surface area contributed by atoms with E-state index in [1.54, 1.807) is 29.2 Å². The topological polar surface area (TPSA) is 99.7 Å². The van der Waals surface area contributed by atoms with Crippen molar-refractivity contribution in [3.63, 3.8) is 0 Å². The Labute approximate surface area is 213 Å². The first-order valence-corrected chi connectivity index (χ1v) is 12.0. The second-order valence-electron chi connectivity index (χ2n) is 8.82. The Bertz CT molecular complexity index is 1550. The number of aromatic nitrogens is 5. The van der Waals surface area contributed by atoms with Crippen molar-refractivity contribution in [2.24, 2.45) is 12.0 Å². The van der Waals surface area contributed by atoms with Gasteiger partial charge in [0.2, 0.25) is 5.91 Å². The van der Waals surface area contributed by atoms with Crippen molar-refractivity contribution >= 4 is 22.8 Å². The summed E-state index contributed by atoms with van der Waals surface area (Å²) in [6.45, 7) is 3.01. The molecule has 0 saturated carbocycles. The van der Waals surface area contributed by atoms with E-state index in [-0.39, 0.29) is 23.4 Å². The van der Waals surface area contributed by atoms with Crippen LogP contribution in [0.15, 0.2) is 47.8 Å². The molecule has 0 radical (unpaired) electrons. The van der Waals surface area contributed by atoms with Crippen LogP contribution in [-0.4, -0.2) is 61.9 Å². The summed E-state index contributed by atoms with van der Waals surface area (Å²) in [6, 6.07) is 6.52. The molecule has 1 unspecified atom stereocenters. The SMILES string of the molecule is CCN1C(=O)CCC1Cn1c(=Nc2cc(OC)cc(OC)c2F)ccc2ncc(-c3cnn(C)c3)nc21. The van der Waals surface area contributed by atoms with Gasteiger partial charge in [-0.3, -0.25) is 14.5 Å². The predicted molar refractivity (Wildman–Crippen MR) is 135 cm³/mol. The first-order valence-electron chi connectivity index (χ1n) is 12.0. The van der Waals surface area contributed by atoms with Crippen molar-refractivity contribution in [1.29, 1.82) is 0 Å². The number of fused-ring (bicyclic) bond motifs is 1. The van der Waals surface area contributed by atoms with Crippen LogP contribution in [0, 0.1) is 5.82 Å². The number of ether oxygens (including phenoxy) is 2. The molecule has 4 aromatic rings. The number of nitrogens with zero attached hydrogens (tertiary/aromatic N) is 7. The fraction of sp³-hybridized carbons (Fsp3) is 0.346. The van der Waals surface area contributed by atoms with Crippen molar-refractivity contribution in [3.05, 3.63) is 54.2 Å². The lowest BCUT2D eigenvalue weighted by atomic mass is 10.2. The molecule has 1 aliphatic rings. The number of benzene rings is 1. The van der Waals surface area contributed by atoms with Gasteiger partial charge in [0.25, 0.3) is 0 Å². The largest absolute Gasteiger partial charge is 0.497 e. The number of carbonyl (C=O) groups excluding carboxylic acids is 1. The fourth-order valence-electron chi connectivity index (χ4n) is 4.69. The highest BCUT2D eigenvalue weighted by Crippen LogP contribution is 2.32. The maximum atomic E-state index is 15.2. The van der Waals surface area contributed by atoms with Crippen LogP contribution in [0.5, 0.6) is 11.5 Å². The number of methoxy groups -OCH3 is 2. The fourth-order valence-corrected chi connectivity index (χ4v) is 4.69. The molecule has 1 aromatic carbocycles. The van der Waals surface area contributed by atoms with Crippen LogP contribution in [0.4, 0.5) is 10.1 Å². The van der Waals surface area contributed by atoms with Crippen molar-refractivity contribution in [3.8, 4) is 22.8 Å². The Kier molecular flexibility index (Phi) is 6.60. The number of rotatable bonds is 7. The van der Waals surface area contributed by atoms with Gasteiger partial charge in [-0.05, 0) is 25.5 Å². The predicted octanol–water partition coefficient (Wildman–Crippen LogP) is 3.23. The Balaban J connectivity index is 1.73. The highest BCUT2D eigenvalue weighted by atomic mass is 19.1. The third-order valence-electron chi connectivity index (χ3n) is 6.58. The van der Waals surface area contributed by atoms with E-state index in [1.807, 2.05) is 29.6 Å². The van der Waals surface area contributed by atoms with E-state index >= 15 is 4.39 Å². The molecule has 0 bridgehead atoms. The van der Waals surface area contributed by atoms with Crippen molar-refractivity contribution in [2.75, 3.05) is 20.8 Å². The smallest absolute Gasteiger partial charge is 0.222 e. The maximum Gasteiger partial charge on any atom is 0.222 e. The zero-order valence-corrected chi connectivity index (χ0v) is 21.2. The number of pyridine rings is 1. The summed E-state index contributed by atoms with van der Waals surface area (Å²) in [5.74, 6) is -0.0295. The van der Waals surface area contributed by atoms with Gasteiger partial charge < -0.3 is 18.9 Å². The Morgan fingerprint density at radius 3 is 2.73 bits per heavy atom. The van der Waals surface area contributed by atoms with Crippen LogP contribution in [-0.2, 0) is 18.4 Å². The molecular weight excluding hydrogens is 477 g/mol. The van der Waals surface area contributed by atoms with E-state index in [2.05, 4.69) is 15.1 Å². The van der Waals surface area contributed by atoms with E-state index in [0.29, 0.717) is 54.0 Å². The standard InChI is InChI=1S/C26H28FN7O3/c1-5-33-17(6-9-24(33)35)15-34-23(30-20-10-18(36-3)11-22(37-4)25(20)27)8-7-19-26(34)31-21(13-28-19)16-12-29-32(2)14-16/h7-8,10-14,17H,5-6,9,15H2,1-4H3. The number of likely N-dealkylation sites (tertiary alicyclic amines) is 1. The second-order valence-corrected chi connectivity index (χ2v) is 8.82. The Morgan fingerprint density at radius 1 is 1.19 bits per heavy atom. The zero-order valence-electron chi connectivity index (χ0n) is 21.2. The van der Waals surface area contributed by atoms with Gasteiger partial charge in [-0.2, -0.15) is 5.10 Å². The van der Waals surface area contributed by atoms with E-state index in [9.17, 15) is 4.79 Å². The van der Waals surface area contributed by atoms with Crippen LogP contribution in [0.25, 0.3) is 22.4 Å². The number of amides is 1. The third kappa shape index (κ3) is 4.64. The van der Waals surface area contributed by atoms with Gasteiger partial charge in [-0.25, -0.2) is 14.4 Å². The number of hydrogen-bond donors (Lipinski definition) is 0. The average Bonchev–Trinajstić information content (AvgIpc) is 3.50. The quantitative estimate of drug-likeness (QED) is 0.382. The van der Waals surface area contributed by atoms with Crippen molar-refractivity contribution in [2.45, 2.75) is 32.4 Å². The molecule has 11 heteroatoms. The van der Waals surface area contributed by atoms with Gasteiger partial charge >= 0.3 is 0 Å². The summed E-state index contributed by atoms with van der Waals surface area (Å²) in [7, 11) is 4.73. The molecule has 0 N–H and O–H groups in total. The first-order chi connectivity index (χ1) is 17.9. The number of carbonyl (C=O) groups is 1. The molecule has 1 fully saturated rings. The molecule has 1 amide bonds. The minimum absolute atomic E-state index is 0.0302. The molecule has 5 rings (SSSR count). The molecular formula is C26H28FN7O3. The van der Waals surface area contributed by atoms with Gasteiger partial charge in [0.1, 0.15) is 22.4 Å². The highest BCUT2D eigenvalue weighted by Gasteiger charge is 2.30. The zero-order chi connectivity index (χ0) is 26.1. The average molecular weight is 506 g/mol. The lowest BCUT2D eigenvalue weighted by Crippen LogP contribution is -2.38. The highest BCUT2D eigenvalue weighted by molar-refractivity contribution is 5.79. The lowest BCUT2D eigenvalue weighted by Gasteiger charge is -2.25. The van der Waals surface area contributed by atoms with Gasteiger partial charge in [0, 0.05) is 50.5 Å². The first kappa shape index (κ1) is 24.4. The number of halogens is 1. The lowest BCUT2D eigenvalue weighted by molar-refractivity contribution is -0.128. The molecule has 192 valence electrons. The van der Waals surface area contributed by atoms with Crippen LogP contribution >= 0.6 is 0 Å². The van der Waals surface area contributed by atoms with Gasteiger partial charge in [-0.1, -0.05) is 0 Å². The summed E-state index contributed by atoms with van der Waals surface area (Å²) in [6.07, 6.45) is 6.49. The summed E-state index contributed by atoms with van der Waals surface area (Å²) in [5, 5.41) is 4.24. The summed E-state index contributed by atoms with van der Waals surface area (Å²) in [4.78, 5) is 28.5. The van der Waals surface area contributed by atoms with Crippen LogP contribution in [0.1, 0.15) is 19.8 Å². The molecule has 0 aliphatic carbocycles. The molecule has 1 atom stereocenters. The third-order valence-corrected chi connectivity index (χ3v) is 6.58. The van der Waals surface area contributed by atoms with Gasteiger partial charge in [-0.15, -0.1) is 0 Å². The van der Waals surface area contributed by atoms with Gasteiger partial charge in [0.15, 0.2) is 17.2 Å². The number of hydrogen-bond acceptors (Lipinski definition) is 7. The summed E-state index contributed by atoms with van der Waals surface area (Å²) < 4.78 is 29.3. The minimum atomic E-state index is -0.601. The maximum absolute atomic E-state index is 15.2. The molecule has 3 aromatic heterocycles. The molecule has 10 nitrogen and oxygen atoms in total. The molecule has 4 heterocycles. The molecule has 0 spiro atoms. The summed E-state index contributed by atoms with van der Waals surface area (Å²) >= 11 is 0. The van der Waals surface area contributed by atoms with E-state index in [1.165, 1.54) is 26.4 Å². The second kappa shape index (κ2) is 10.00. The van der Waals surface area contributed by atoms with Gasteiger partial charge in [0.05, 0.1) is 38.3 Å². The normalized spacial score (nSPS) is 16.1. The monoisotopic (exact) mass is 505 g/mol. The van der Waals surface area contributed by atoms with E-state index < -0.39 is 5.82 Å². The number of likely N-dealkylation sites (N-methyl/N-ethyl adjacent to an activating group) is 1.